The zero-order valence-electron chi connectivity index (χ0n) is 18.3. The smallest absolute Gasteiger partial charge is 0.344 e. The number of benzene rings is 3. The van der Waals surface area contributed by atoms with Crippen LogP contribution >= 0.6 is 11.6 Å². The van der Waals surface area contributed by atoms with Gasteiger partial charge in [-0.15, -0.1) is 11.6 Å². The number of ether oxygens (including phenoxy) is 3. The van der Waals surface area contributed by atoms with Crippen molar-refractivity contribution in [1.29, 1.82) is 0 Å². The molecule has 7 heteroatoms. The predicted octanol–water partition coefficient (Wildman–Crippen LogP) is 5.67. The molecule has 0 N–H and O–H groups in total. The molecule has 4 rings (SSSR count). The molecule has 0 aliphatic carbocycles. The summed E-state index contributed by atoms with van der Waals surface area (Å²) < 4.78 is 21.6. The Morgan fingerprint density at radius 3 is 2.36 bits per heavy atom. The Morgan fingerprint density at radius 1 is 0.939 bits per heavy atom. The van der Waals surface area contributed by atoms with Crippen molar-refractivity contribution in [2.45, 2.75) is 12.3 Å². The van der Waals surface area contributed by atoms with Gasteiger partial charge in [0.05, 0.1) is 19.8 Å². The van der Waals surface area contributed by atoms with Gasteiger partial charge < -0.3 is 18.6 Å². The Bertz CT molecular complexity index is 1380. The maximum absolute atomic E-state index is 12.9. The average Bonchev–Trinajstić information content (AvgIpc) is 2.83. The van der Waals surface area contributed by atoms with Crippen LogP contribution in [-0.2, 0) is 4.79 Å². The number of alkyl halides is 1. The van der Waals surface area contributed by atoms with E-state index in [9.17, 15) is 9.59 Å². The minimum atomic E-state index is -0.955. The van der Waals surface area contributed by atoms with Gasteiger partial charge in [-0.05, 0) is 47.9 Å². The first kappa shape index (κ1) is 22.4. The number of fused-ring (bicyclic) bond motifs is 1. The van der Waals surface area contributed by atoms with Crippen LogP contribution in [0.4, 0.5) is 0 Å². The molecular weight excluding hydrogens is 444 g/mol. The van der Waals surface area contributed by atoms with Gasteiger partial charge in [0, 0.05) is 11.5 Å². The van der Waals surface area contributed by atoms with Crippen LogP contribution in [0.5, 0.6) is 17.2 Å². The maximum atomic E-state index is 12.9. The Morgan fingerprint density at radius 2 is 1.67 bits per heavy atom. The van der Waals surface area contributed by atoms with Crippen molar-refractivity contribution in [1.82, 2.24) is 0 Å². The molecule has 0 aliphatic rings. The van der Waals surface area contributed by atoms with Gasteiger partial charge in [-0.3, -0.25) is 0 Å². The van der Waals surface area contributed by atoms with Crippen LogP contribution in [0.2, 0.25) is 0 Å². The number of halogens is 1. The van der Waals surface area contributed by atoms with E-state index in [0.29, 0.717) is 39.2 Å². The second-order valence-electron chi connectivity index (χ2n) is 7.31. The molecule has 168 valence electrons. The van der Waals surface area contributed by atoms with Gasteiger partial charge in [0.2, 0.25) is 0 Å². The summed E-state index contributed by atoms with van der Waals surface area (Å²) in [6.07, 6.45) is 0. The summed E-state index contributed by atoms with van der Waals surface area (Å²) in [4.78, 5) is 25.3. The third-order valence-electron chi connectivity index (χ3n) is 5.33. The van der Waals surface area contributed by atoms with E-state index in [1.807, 2.05) is 13.0 Å². The van der Waals surface area contributed by atoms with Crippen molar-refractivity contribution < 1.29 is 23.4 Å². The number of hydrogen-bond donors (Lipinski definition) is 0. The molecule has 0 aliphatic heterocycles. The van der Waals surface area contributed by atoms with Crippen molar-refractivity contribution >= 4 is 28.5 Å². The first-order valence-electron chi connectivity index (χ1n) is 10.1. The van der Waals surface area contributed by atoms with E-state index < -0.39 is 17.0 Å². The highest BCUT2D eigenvalue weighted by Crippen LogP contribution is 2.35. The molecular formula is C26H21ClO6. The standard InChI is InChI=1S/C26H21ClO6/c1-15-19-11-10-18(32-26(29)24(27)16-7-5-4-6-8-16)14-21(19)33-25(28)23(15)17-9-12-20(30-2)22(13-17)31-3/h4-14,24H,1-3H3. The highest BCUT2D eigenvalue weighted by Gasteiger charge is 2.21. The quantitative estimate of drug-likeness (QED) is 0.158. The number of carbonyl (C=O) groups excluding carboxylic acids is 1. The molecule has 0 amide bonds. The molecule has 1 unspecified atom stereocenters. The van der Waals surface area contributed by atoms with Gasteiger partial charge in [0.15, 0.2) is 16.9 Å². The number of carbonyl (C=O) groups is 1. The molecule has 1 heterocycles. The Kier molecular flexibility index (Phi) is 6.38. The van der Waals surface area contributed by atoms with Crippen LogP contribution in [0.15, 0.2) is 75.9 Å². The number of methoxy groups -OCH3 is 2. The average molecular weight is 465 g/mol. The third-order valence-corrected chi connectivity index (χ3v) is 5.76. The zero-order valence-corrected chi connectivity index (χ0v) is 19.0. The Hall–Kier alpha value is -3.77. The topological polar surface area (TPSA) is 75.0 Å². The van der Waals surface area contributed by atoms with E-state index in [1.54, 1.807) is 61.7 Å². The van der Waals surface area contributed by atoms with E-state index in [4.69, 9.17) is 30.2 Å². The van der Waals surface area contributed by atoms with Crippen LogP contribution in [0, 0.1) is 6.92 Å². The first-order valence-corrected chi connectivity index (χ1v) is 10.6. The summed E-state index contributed by atoms with van der Waals surface area (Å²) in [5, 5.41) is -0.243. The fourth-order valence-electron chi connectivity index (χ4n) is 3.65. The van der Waals surface area contributed by atoms with E-state index in [0.717, 1.165) is 5.56 Å². The molecule has 1 aromatic heterocycles. The number of esters is 1. The Balaban J connectivity index is 1.68. The van der Waals surface area contributed by atoms with Gasteiger partial charge in [0.1, 0.15) is 11.3 Å². The maximum Gasteiger partial charge on any atom is 0.344 e. The lowest BCUT2D eigenvalue weighted by molar-refractivity contribution is -0.134. The fourth-order valence-corrected chi connectivity index (χ4v) is 3.84. The second kappa shape index (κ2) is 9.38. The number of hydrogen-bond acceptors (Lipinski definition) is 6. The summed E-state index contributed by atoms with van der Waals surface area (Å²) in [5.74, 6) is 0.674. The van der Waals surface area contributed by atoms with Gasteiger partial charge in [-0.2, -0.15) is 0 Å². The summed E-state index contributed by atoms with van der Waals surface area (Å²) in [7, 11) is 3.08. The minimum Gasteiger partial charge on any atom is -0.493 e. The molecule has 0 saturated carbocycles. The van der Waals surface area contributed by atoms with E-state index in [-0.39, 0.29) is 5.75 Å². The molecule has 0 fully saturated rings. The molecule has 3 aromatic carbocycles. The van der Waals surface area contributed by atoms with E-state index in [2.05, 4.69) is 0 Å². The van der Waals surface area contributed by atoms with Crippen LogP contribution in [0.25, 0.3) is 22.1 Å². The van der Waals surface area contributed by atoms with Crippen LogP contribution in [0.1, 0.15) is 16.5 Å². The lowest BCUT2D eigenvalue weighted by Gasteiger charge is -2.13. The van der Waals surface area contributed by atoms with Crippen molar-refractivity contribution in [3.05, 3.63) is 88.3 Å². The molecule has 0 saturated heterocycles. The normalized spacial score (nSPS) is 11.8. The molecule has 6 nitrogen and oxygen atoms in total. The number of rotatable bonds is 6. The highest BCUT2D eigenvalue weighted by molar-refractivity contribution is 6.30. The van der Waals surface area contributed by atoms with Gasteiger partial charge in [0.25, 0.3) is 0 Å². The van der Waals surface area contributed by atoms with E-state index in [1.165, 1.54) is 13.2 Å². The lowest BCUT2D eigenvalue weighted by atomic mass is 9.99. The second-order valence-corrected chi connectivity index (χ2v) is 7.75. The van der Waals surface area contributed by atoms with Crippen LogP contribution in [-0.4, -0.2) is 20.2 Å². The van der Waals surface area contributed by atoms with Gasteiger partial charge in [-0.1, -0.05) is 36.4 Å². The minimum absolute atomic E-state index is 0.232. The summed E-state index contributed by atoms with van der Waals surface area (Å²) in [6, 6.07) is 19.0. The van der Waals surface area contributed by atoms with Crippen molar-refractivity contribution in [3.63, 3.8) is 0 Å². The SMILES string of the molecule is COc1ccc(-c2c(C)c3ccc(OC(=O)C(Cl)c4ccccc4)cc3oc2=O)cc1OC. The van der Waals surface area contributed by atoms with Crippen molar-refractivity contribution in [2.75, 3.05) is 14.2 Å². The number of aryl methyl sites for hydroxylation is 1. The zero-order chi connectivity index (χ0) is 23.5. The summed E-state index contributed by atoms with van der Waals surface area (Å²) in [5.41, 5.74) is 2.20. The molecule has 33 heavy (non-hydrogen) atoms. The summed E-state index contributed by atoms with van der Waals surface area (Å²) >= 11 is 6.24. The molecule has 4 aromatic rings. The van der Waals surface area contributed by atoms with Crippen LogP contribution in [0.3, 0.4) is 0 Å². The van der Waals surface area contributed by atoms with E-state index >= 15 is 0 Å². The molecule has 1 atom stereocenters. The molecule has 0 spiro atoms. The van der Waals surface area contributed by atoms with Gasteiger partial charge >= 0.3 is 11.6 Å². The fraction of sp³-hybridized carbons (Fsp3) is 0.154. The third kappa shape index (κ3) is 4.43. The largest absolute Gasteiger partial charge is 0.493 e. The van der Waals surface area contributed by atoms with Crippen molar-refractivity contribution in [2.24, 2.45) is 0 Å². The van der Waals surface area contributed by atoms with Crippen LogP contribution < -0.4 is 19.8 Å². The molecule has 0 bridgehead atoms. The summed E-state index contributed by atoms with van der Waals surface area (Å²) in [6.45, 7) is 1.83. The first-order chi connectivity index (χ1) is 15.9. The highest BCUT2D eigenvalue weighted by atomic mass is 35.5. The predicted molar refractivity (Wildman–Crippen MR) is 126 cm³/mol. The molecule has 0 radical (unpaired) electrons. The van der Waals surface area contributed by atoms with Gasteiger partial charge in [-0.25, -0.2) is 9.59 Å². The Labute approximate surface area is 195 Å². The van der Waals surface area contributed by atoms with Crippen molar-refractivity contribution in [3.8, 4) is 28.4 Å². The lowest BCUT2D eigenvalue weighted by Crippen LogP contribution is -2.14. The monoisotopic (exact) mass is 464 g/mol.